The molecule has 0 aliphatic rings. The predicted octanol–water partition coefficient (Wildman–Crippen LogP) is -2.72. The minimum atomic E-state index is -1.43. The van der Waals surface area contributed by atoms with Crippen molar-refractivity contribution >= 4 is 41.5 Å². The van der Waals surface area contributed by atoms with Crippen LogP contribution in [0.4, 0.5) is 0 Å². The Hall–Kier alpha value is -4.73. The molecule has 13 N–H and O–H groups in total. The maximum absolute atomic E-state index is 13.1. The molecule has 0 saturated carbocycles. The zero-order valence-electron chi connectivity index (χ0n) is 22.5. The number of hydrogen-bond donors (Lipinski definition) is 9. The lowest BCUT2D eigenvalue weighted by molar-refractivity contribution is -0.142. The molecule has 0 aliphatic heterocycles. The first-order valence-corrected chi connectivity index (χ1v) is 12.8. The number of benzene rings is 1. The van der Waals surface area contributed by atoms with Crippen molar-refractivity contribution in [1.82, 2.24) is 16.0 Å². The molecule has 0 aromatic heterocycles. The van der Waals surface area contributed by atoms with Gasteiger partial charge in [0.05, 0.1) is 6.04 Å². The maximum Gasteiger partial charge on any atom is 0.326 e. The molecule has 0 saturated heterocycles. The van der Waals surface area contributed by atoms with Gasteiger partial charge in [0.1, 0.15) is 18.1 Å². The van der Waals surface area contributed by atoms with Gasteiger partial charge in [-0.3, -0.25) is 29.0 Å². The van der Waals surface area contributed by atoms with E-state index in [0.29, 0.717) is 12.0 Å². The molecule has 0 bridgehead atoms. The van der Waals surface area contributed by atoms with Gasteiger partial charge in [-0.05, 0) is 31.2 Å². The van der Waals surface area contributed by atoms with Crippen molar-refractivity contribution in [2.45, 2.75) is 69.1 Å². The second kappa shape index (κ2) is 17.8. The highest BCUT2D eigenvalue weighted by Crippen LogP contribution is 2.07. The van der Waals surface area contributed by atoms with Crippen LogP contribution in [-0.4, -0.2) is 82.5 Å². The number of carbonyl (C=O) groups is 6. The van der Waals surface area contributed by atoms with Crippen molar-refractivity contribution in [2.75, 3.05) is 6.54 Å². The lowest BCUT2D eigenvalue weighted by Gasteiger charge is -2.25. The van der Waals surface area contributed by atoms with Crippen molar-refractivity contribution in [3.63, 3.8) is 0 Å². The second-order valence-corrected chi connectivity index (χ2v) is 9.20. The maximum atomic E-state index is 13.1. The van der Waals surface area contributed by atoms with Crippen molar-refractivity contribution in [3.05, 3.63) is 35.9 Å². The van der Waals surface area contributed by atoms with E-state index in [9.17, 15) is 33.9 Å². The van der Waals surface area contributed by atoms with Crippen LogP contribution in [0.25, 0.3) is 0 Å². The number of primary amides is 1. The number of nitrogens with two attached hydrogens (primary N) is 4. The molecule has 1 rings (SSSR count). The van der Waals surface area contributed by atoms with E-state index in [-0.39, 0.29) is 44.6 Å². The minimum absolute atomic E-state index is 0.0588. The summed E-state index contributed by atoms with van der Waals surface area (Å²) < 4.78 is 0. The Morgan fingerprint density at radius 2 is 1.29 bits per heavy atom. The number of aliphatic carboxylic acids is 2. The summed E-state index contributed by atoms with van der Waals surface area (Å²) in [7, 11) is 0. The van der Waals surface area contributed by atoms with Gasteiger partial charge < -0.3 is 49.1 Å². The number of nitrogens with one attached hydrogen (secondary N) is 3. The summed E-state index contributed by atoms with van der Waals surface area (Å²) in [6.07, 6.45) is -1.02. The summed E-state index contributed by atoms with van der Waals surface area (Å²) in [5.41, 5.74) is 22.2. The Kier molecular flexibility index (Phi) is 14.9. The molecule has 1 aromatic carbocycles. The van der Waals surface area contributed by atoms with Crippen LogP contribution in [0.15, 0.2) is 35.3 Å². The quantitative estimate of drug-likeness (QED) is 0.0461. The number of carboxylic acid groups (broad SMARTS) is 2. The van der Waals surface area contributed by atoms with E-state index >= 15 is 0 Å². The lowest BCUT2D eigenvalue weighted by atomic mass is 10.0. The highest BCUT2D eigenvalue weighted by molar-refractivity contribution is 5.94. The summed E-state index contributed by atoms with van der Waals surface area (Å²) in [5.74, 6) is -6.09. The van der Waals surface area contributed by atoms with Crippen LogP contribution < -0.4 is 38.9 Å². The van der Waals surface area contributed by atoms with Crippen LogP contribution in [0.1, 0.15) is 44.1 Å². The Bertz CT molecular complexity index is 1090. The topological polar surface area (TPSA) is 295 Å². The molecule has 0 spiro atoms. The smallest absolute Gasteiger partial charge is 0.326 e. The van der Waals surface area contributed by atoms with Crippen LogP contribution in [-0.2, 0) is 35.2 Å². The summed E-state index contributed by atoms with van der Waals surface area (Å²) in [5, 5.41) is 25.8. The molecule has 226 valence electrons. The van der Waals surface area contributed by atoms with Crippen molar-refractivity contribution < 1.29 is 39.0 Å². The second-order valence-electron chi connectivity index (χ2n) is 9.20. The third-order valence-corrected chi connectivity index (χ3v) is 5.79. The number of carboxylic acids is 2. The van der Waals surface area contributed by atoms with E-state index in [1.165, 1.54) is 0 Å². The molecular weight excluding hydrogens is 540 g/mol. The van der Waals surface area contributed by atoms with Gasteiger partial charge >= 0.3 is 11.9 Å². The molecule has 4 amide bonds. The Morgan fingerprint density at radius 1 is 0.756 bits per heavy atom. The fraction of sp³-hybridized carbons (Fsp3) is 0.480. The number of guanidine groups is 1. The zero-order valence-corrected chi connectivity index (χ0v) is 22.5. The first-order valence-electron chi connectivity index (χ1n) is 12.8. The van der Waals surface area contributed by atoms with Gasteiger partial charge in [0.25, 0.3) is 0 Å². The number of amides is 4. The van der Waals surface area contributed by atoms with Gasteiger partial charge in [0.15, 0.2) is 5.96 Å². The SMILES string of the molecule is NC(=O)CCC(NC(=O)C(CCC(=O)O)NC(=O)C(N)CCCN=C(N)N)C(=O)NC(Cc1ccccc1)C(=O)O. The number of aliphatic imine (C=N–C) groups is 1. The average Bonchev–Trinajstić information content (AvgIpc) is 2.90. The van der Waals surface area contributed by atoms with Crippen molar-refractivity contribution in [2.24, 2.45) is 27.9 Å². The third-order valence-electron chi connectivity index (χ3n) is 5.79. The fourth-order valence-electron chi connectivity index (χ4n) is 3.62. The van der Waals surface area contributed by atoms with E-state index in [1.807, 2.05) is 0 Å². The Labute approximate surface area is 236 Å². The average molecular weight is 579 g/mol. The van der Waals surface area contributed by atoms with E-state index in [0.717, 1.165) is 0 Å². The van der Waals surface area contributed by atoms with E-state index in [4.69, 9.17) is 28.0 Å². The summed E-state index contributed by atoms with van der Waals surface area (Å²) >= 11 is 0. The molecule has 0 radical (unpaired) electrons. The van der Waals surface area contributed by atoms with Crippen LogP contribution >= 0.6 is 0 Å². The Morgan fingerprint density at radius 3 is 1.80 bits per heavy atom. The molecule has 16 heteroatoms. The fourth-order valence-corrected chi connectivity index (χ4v) is 3.62. The number of hydrogen-bond acceptors (Lipinski definition) is 8. The number of carbonyl (C=O) groups excluding carboxylic acids is 4. The molecule has 41 heavy (non-hydrogen) atoms. The first kappa shape index (κ1) is 34.3. The van der Waals surface area contributed by atoms with Crippen LogP contribution in [0, 0.1) is 0 Å². The first-order chi connectivity index (χ1) is 19.3. The summed E-state index contributed by atoms with van der Waals surface area (Å²) in [6, 6.07) is 3.22. The highest BCUT2D eigenvalue weighted by Gasteiger charge is 2.31. The standard InChI is InChI=1S/C25H38N8O8/c26-15(7-4-12-30-25(28)29)21(37)31-17(9-11-20(35)36)22(38)32-16(8-10-19(27)34)23(39)33-18(24(40)41)13-14-5-2-1-3-6-14/h1-3,5-6,15-18H,4,7-13,26H2,(H2,27,34)(H,31,37)(H,32,38)(H,33,39)(H,35,36)(H,40,41)(H4,28,29,30). The van der Waals surface area contributed by atoms with Crippen LogP contribution in [0.3, 0.4) is 0 Å². The normalized spacial score (nSPS) is 13.5. The van der Waals surface area contributed by atoms with Gasteiger partial charge in [0, 0.05) is 25.8 Å². The van der Waals surface area contributed by atoms with Gasteiger partial charge in [-0.1, -0.05) is 30.3 Å². The molecule has 16 nitrogen and oxygen atoms in total. The zero-order chi connectivity index (χ0) is 30.9. The van der Waals surface area contributed by atoms with Gasteiger partial charge in [-0.2, -0.15) is 0 Å². The van der Waals surface area contributed by atoms with E-state index in [2.05, 4.69) is 20.9 Å². The van der Waals surface area contributed by atoms with Gasteiger partial charge in [0.2, 0.25) is 23.6 Å². The Balaban J connectivity index is 3.01. The van der Waals surface area contributed by atoms with Crippen molar-refractivity contribution in [1.29, 1.82) is 0 Å². The molecule has 1 aromatic rings. The molecule has 4 atom stereocenters. The van der Waals surface area contributed by atoms with E-state index < -0.39 is 66.2 Å². The van der Waals surface area contributed by atoms with E-state index in [1.54, 1.807) is 30.3 Å². The number of nitrogens with zero attached hydrogens (tertiary/aromatic N) is 1. The monoisotopic (exact) mass is 578 g/mol. The molecule has 0 aliphatic carbocycles. The molecule has 0 fully saturated rings. The van der Waals surface area contributed by atoms with Crippen LogP contribution in [0.5, 0.6) is 0 Å². The third kappa shape index (κ3) is 14.3. The molecule has 0 heterocycles. The molecular formula is C25H38N8O8. The lowest BCUT2D eigenvalue weighted by Crippen LogP contribution is -2.57. The summed E-state index contributed by atoms with van der Waals surface area (Å²) in [6.45, 7) is 0.213. The highest BCUT2D eigenvalue weighted by atomic mass is 16.4. The van der Waals surface area contributed by atoms with Gasteiger partial charge in [-0.25, -0.2) is 4.79 Å². The summed E-state index contributed by atoms with van der Waals surface area (Å²) in [4.78, 5) is 76.9. The minimum Gasteiger partial charge on any atom is -0.481 e. The largest absolute Gasteiger partial charge is 0.481 e. The molecule has 4 unspecified atom stereocenters. The van der Waals surface area contributed by atoms with Gasteiger partial charge in [-0.15, -0.1) is 0 Å². The number of rotatable bonds is 19. The predicted molar refractivity (Wildman–Crippen MR) is 147 cm³/mol. The van der Waals surface area contributed by atoms with Crippen LogP contribution in [0.2, 0.25) is 0 Å². The van der Waals surface area contributed by atoms with Crippen molar-refractivity contribution in [3.8, 4) is 0 Å².